The lowest BCUT2D eigenvalue weighted by Crippen LogP contribution is -2.56. The van der Waals surface area contributed by atoms with E-state index in [9.17, 15) is 14.4 Å². The number of Topliss-reactive ketones (excluding diaryl/α,β-unsaturated/α-hetero) is 1. The van der Waals surface area contributed by atoms with Crippen LogP contribution in [-0.2, 0) is 21.5 Å². The van der Waals surface area contributed by atoms with Crippen molar-refractivity contribution in [2.75, 3.05) is 42.6 Å². The number of rotatable bonds is 8. The number of amides is 2. The third-order valence-electron chi connectivity index (χ3n) is 11.8. The topological polar surface area (TPSA) is 64.2 Å². The van der Waals surface area contributed by atoms with E-state index in [2.05, 4.69) is 54.8 Å². The molecule has 8 rings (SSSR count). The van der Waals surface area contributed by atoms with Crippen LogP contribution in [0.5, 0.6) is 0 Å². The second-order valence-electron chi connectivity index (χ2n) is 16.0. The first-order chi connectivity index (χ1) is 23.5. The average Bonchev–Trinajstić information content (AvgIpc) is 4.03. The Labute approximate surface area is 292 Å². The maximum absolute atomic E-state index is 14.2. The van der Waals surface area contributed by atoms with Gasteiger partial charge in [-0.05, 0) is 99.1 Å². The summed E-state index contributed by atoms with van der Waals surface area (Å²) in [6, 6.07) is 26.2. The number of ketones is 1. The van der Waals surface area contributed by atoms with Crippen LogP contribution in [0.15, 0.2) is 78.9 Å². The Morgan fingerprint density at radius 2 is 1.45 bits per heavy atom. The Morgan fingerprint density at radius 3 is 2.08 bits per heavy atom. The molecule has 2 aliphatic carbocycles. The van der Waals surface area contributed by atoms with E-state index in [4.69, 9.17) is 0 Å². The zero-order valence-corrected chi connectivity index (χ0v) is 29.8. The van der Waals surface area contributed by atoms with Crippen LogP contribution in [-0.4, -0.2) is 65.8 Å². The molecular weight excluding hydrogens is 608 g/mol. The molecule has 3 aliphatic heterocycles. The van der Waals surface area contributed by atoms with Crippen molar-refractivity contribution in [2.45, 2.75) is 90.1 Å². The van der Waals surface area contributed by atoms with Crippen molar-refractivity contribution in [3.63, 3.8) is 0 Å². The highest BCUT2D eigenvalue weighted by Gasteiger charge is 2.59. The first kappa shape index (κ1) is 33.5. The summed E-state index contributed by atoms with van der Waals surface area (Å²) in [6.07, 6.45) is 7.30. The normalized spacial score (nSPS) is 20.9. The molecule has 0 bridgehead atoms. The van der Waals surface area contributed by atoms with E-state index < -0.39 is 5.54 Å². The highest BCUT2D eigenvalue weighted by atomic mass is 16.2. The van der Waals surface area contributed by atoms with Crippen molar-refractivity contribution in [3.05, 3.63) is 95.6 Å². The number of fused-ring (bicyclic) bond motifs is 2. The minimum Gasteiger partial charge on any atom is -0.339 e. The predicted molar refractivity (Wildman–Crippen MR) is 196 cm³/mol. The highest BCUT2D eigenvalue weighted by Crippen LogP contribution is 2.57. The summed E-state index contributed by atoms with van der Waals surface area (Å²) in [6.45, 7) is 12.8. The van der Waals surface area contributed by atoms with Crippen molar-refractivity contribution in [1.82, 2.24) is 9.80 Å². The molecule has 0 aromatic heterocycles. The number of hydrogen-bond donors (Lipinski definition) is 0. The van der Waals surface area contributed by atoms with Gasteiger partial charge in [-0.25, -0.2) is 0 Å². The Balaban J connectivity index is 0.000000483. The molecule has 3 aromatic rings. The van der Waals surface area contributed by atoms with E-state index >= 15 is 0 Å². The van der Waals surface area contributed by atoms with Crippen LogP contribution >= 0.6 is 0 Å². The van der Waals surface area contributed by atoms with E-state index in [1.54, 1.807) is 6.92 Å². The van der Waals surface area contributed by atoms with E-state index in [1.165, 1.54) is 18.4 Å². The van der Waals surface area contributed by atoms with Gasteiger partial charge in [0.15, 0.2) is 5.78 Å². The zero-order valence-electron chi connectivity index (χ0n) is 29.8. The van der Waals surface area contributed by atoms with Gasteiger partial charge in [0, 0.05) is 43.1 Å². The second-order valence-corrected chi connectivity index (χ2v) is 16.0. The summed E-state index contributed by atoms with van der Waals surface area (Å²) in [5, 5.41) is 0. The monoisotopic (exact) mass is 660 g/mol. The van der Waals surface area contributed by atoms with E-state index in [0.717, 1.165) is 81.1 Å². The van der Waals surface area contributed by atoms with Gasteiger partial charge >= 0.3 is 0 Å². The van der Waals surface area contributed by atoms with Crippen molar-refractivity contribution in [3.8, 4) is 0 Å². The van der Waals surface area contributed by atoms with Crippen molar-refractivity contribution < 1.29 is 14.4 Å². The quantitative estimate of drug-likeness (QED) is 0.235. The summed E-state index contributed by atoms with van der Waals surface area (Å²) < 4.78 is 0. The molecule has 3 heterocycles. The Bertz CT molecular complexity index is 1700. The van der Waals surface area contributed by atoms with Gasteiger partial charge in [-0.1, -0.05) is 81.4 Å². The lowest BCUT2D eigenvalue weighted by Gasteiger charge is -2.43. The molecule has 0 atom stereocenters. The number of benzene rings is 3. The Hall–Kier alpha value is -3.97. The van der Waals surface area contributed by atoms with Gasteiger partial charge in [0.2, 0.25) is 11.8 Å². The van der Waals surface area contributed by atoms with E-state index in [0.29, 0.717) is 24.2 Å². The lowest BCUT2D eigenvalue weighted by molar-refractivity contribution is -0.134. The van der Waals surface area contributed by atoms with Crippen molar-refractivity contribution in [2.24, 2.45) is 11.3 Å². The third-order valence-corrected chi connectivity index (χ3v) is 11.8. The first-order valence-corrected chi connectivity index (χ1v) is 18.4. The van der Waals surface area contributed by atoms with Gasteiger partial charge in [-0.15, -0.1) is 0 Å². The number of piperidine rings is 1. The molecule has 258 valence electrons. The number of likely N-dealkylation sites (tertiary alicyclic amines) is 1. The lowest BCUT2D eigenvalue weighted by atomic mass is 9.85. The van der Waals surface area contributed by atoms with E-state index in [-0.39, 0.29) is 23.0 Å². The van der Waals surface area contributed by atoms with Crippen molar-refractivity contribution in [1.29, 1.82) is 0 Å². The molecule has 0 radical (unpaired) electrons. The number of para-hydroxylation sites is 2. The van der Waals surface area contributed by atoms with Crippen LogP contribution in [0.25, 0.3) is 0 Å². The summed E-state index contributed by atoms with van der Waals surface area (Å²) in [5.41, 5.74) is 4.72. The molecule has 2 spiro atoms. The summed E-state index contributed by atoms with van der Waals surface area (Å²) >= 11 is 0. The van der Waals surface area contributed by atoms with Crippen LogP contribution in [0.4, 0.5) is 11.4 Å². The maximum Gasteiger partial charge on any atom is 0.250 e. The Morgan fingerprint density at radius 1 is 0.796 bits per heavy atom. The minimum absolute atomic E-state index is 0.0200. The fraction of sp³-hybridized carbons (Fsp3) is 0.500. The zero-order chi connectivity index (χ0) is 34.4. The summed E-state index contributed by atoms with van der Waals surface area (Å²) in [5.74, 6) is 1.50. The number of nitrogens with zero attached hydrogens (tertiary/aromatic N) is 4. The van der Waals surface area contributed by atoms with E-state index in [1.807, 2.05) is 64.4 Å². The maximum atomic E-state index is 14.2. The number of carbonyl (C=O) groups is 3. The molecule has 7 heteroatoms. The van der Waals surface area contributed by atoms with Crippen LogP contribution in [0.2, 0.25) is 0 Å². The largest absolute Gasteiger partial charge is 0.339 e. The fourth-order valence-electron chi connectivity index (χ4n) is 8.50. The number of hydrogen-bond acceptors (Lipinski definition) is 5. The molecule has 0 N–H and O–H groups in total. The van der Waals surface area contributed by atoms with Gasteiger partial charge in [0.1, 0.15) is 5.54 Å². The number of carbonyl (C=O) groups excluding carboxylic acids is 3. The molecule has 7 nitrogen and oxygen atoms in total. The van der Waals surface area contributed by atoms with Gasteiger partial charge in [-0.3, -0.25) is 14.4 Å². The van der Waals surface area contributed by atoms with Crippen LogP contribution in [0.1, 0.15) is 94.1 Å². The van der Waals surface area contributed by atoms with Gasteiger partial charge < -0.3 is 19.6 Å². The third kappa shape index (κ3) is 6.42. The molecular formula is C42H52N4O3. The molecule has 4 fully saturated rings. The fourth-order valence-corrected chi connectivity index (χ4v) is 8.50. The predicted octanol–water partition coefficient (Wildman–Crippen LogP) is 7.44. The first-order valence-electron chi connectivity index (χ1n) is 18.4. The molecule has 2 saturated carbocycles. The van der Waals surface area contributed by atoms with Gasteiger partial charge in [0.05, 0.1) is 12.1 Å². The SMILES string of the molecule is CC(=O)c1ccccc1CN1CN(c2ccccc2)C2(CCN(CCCN3C(=O)C4(CC4)c4ccccc43)CC2)C1=O.CC(C)(C)C1CC1. The standard InChI is InChI=1S/C35H38N4O3.C7H14/c1-26(40)29-13-6-5-10-27(29)24-37-25-39(28-11-3-2-4-12-28)35(33(37)42)18-22-36(23-19-35)20-9-21-38-31-15-8-7-14-30(31)34(16-17-34)32(38)41;1-7(2,3)6-4-5-6/h2-8,10-15H,9,16-25H2,1H3;6H,4-5H2,1-3H3. The molecule has 2 saturated heterocycles. The van der Waals surface area contributed by atoms with Crippen LogP contribution in [0, 0.1) is 11.3 Å². The summed E-state index contributed by atoms with van der Waals surface area (Å²) in [4.78, 5) is 48.4. The highest BCUT2D eigenvalue weighted by molar-refractivity contribution is 6.10. The number of anilines is 2. The summed E-state index contributed by atoms with van der Waals surface area (Å²) in [7, 11) is 0. The minimum atomic E-state index is -0.592. The van der Waals surface area contributed by atoms with Gasteiger partial charge in [0.25, 0.3) is 0 Å². The molecule has 3 aromatic carbocycles. The molecule has 49 heavy (non-hydrogen) atoms. The van der Waals surface area contributed by atoms with Crippen molar-refractivity contribution >= 4 is 29.0 Å². The smallest absolute Gasteiger partial charge is 0.250 e. The molecule has 5 aliphatic rings. The molecule has 0 unspecified atom stereocenters. The van der Waals surface area contributed by atoms with Crippen LogP contribution in [0.3, 0.4) is 0 Å². The second kappa shape index (κ2) is 13.1. The van der Waals surface area contributed by atoms with Crippen LogP contribution < -0.4 is 9.80 Å². The van der Waals surface area contributed by atoms with Gasteiger partial charge in [-0.2, -0.15) is 0 Å². The Kier molecular flexibility index (Phi) is 8.93. The average molecular weight is 661 g/mol. The molecule has 2 amide bonds.